The fourth-order valence-corrected chi connectivity index (χ4v) is 2.73. The number of anilines is 1. The first-order valence-corrected chi connectivity index (χ1v) is 5.58. The van der Waals surface area contributed by atoms with Crippen molar-refractivity contribution in [3.8, 4) is 0 Å². The quantitative estimate of drug-likeness (QED) is 0.656. The van der Waals surface area contributed by atoms with Gasteiger partial charge in [-0.2, -0.15) is 0 Å². The lowest BCUT2D eigenvalue weighted by molar-refractivity contribution is -0.117. The predicted molar refractivity (Wildman–Crippen MR) is 58.9 cm³/mol. The molecule has 2 unspecified atom stereocenters. The summed E-state index contributed by atoms with van der Waals surface area (Å²) in [5, 5.41) is 0. The highest BCUT2D eigenvalue weighted by atomic mass is 16.1. The molecule has 0 aliphatic carbocycles. The van der Waals surface area contributed by atoms with Gasteiger partial charge in [0.15, 0.2) is 0 Å². The van der Waals surface area contributed by atoms with E-state index in [1.54, 1.807) is 12.4 Å². The van der Waals surface area contributed by atoms with Gasteiger partial charge in [0.25, 0.3) is 0 Å². The van der Waals surface area contributed by atoms with Gasteiger partial charge in [0.1, 0.15) is 0 Å². The van der Waals surface area contributed by atoms with Crippen LogP contribution in [0.15, 0.2) is 18.5 Å². The molecule has 0 bridgehead atoms. The summed E-state index contributed by atoms with van der Waals surface area (Å²) in [4.78, 5) is 23.3. The SMILES string of the molecule is O=CN1CC2CN(c3ncccn3)CC2C1. The van der Waals surface area contributed by atoms with Gasteiger partial charge in [-0.25, -0.2) is 9.97 Å². The van der Waals surface area contributed by atoms with Crippen molar-refractivity contribution in [2.45, 2.75) is 0 Å². The second kappa shape index (κ2) is 3.73. The van der Waals surface area contributed by atoms with Crippen molar-refractivity contribution >= 4 is 12.4 Å². The highest BCUT2D eigenvalue weighted by Crippen LogP contribution is 2.31. The van der Waals surface area contributed by atoms with Crippen LogP contribution in [0.4, 0.5) is 5.95 Å². The van der Waals surface area contributed by atoms with Gasteiger partial charge >= 0.3 is 0 Å². The standard InChI is InChI=1S/C11H14N4O/c16-8-14-4-9-6-15(7-10(9)5-14)11-12-2-1-3-13-11/h1-3,8-10H,4-7H2. The molecule has 1 amide bonds. The minimum Gasteiger partial charge on any atom is -0.345 e. The minimum atomic E-state index is 0.592. The largest absolute Gasteiger partial charge is 0.345 e. The smallest absolute Gasteiger partial charge is 0.225 e. The highest BCUT2D eigenvalue weighted by Gasteiger charge is 2.40. The number of hydrogen-bond donors (Lipinski definition) is 0. The van der Waals surface area contributed by atoms with E-state index in [1.165, 1.54) is 0 Å². The topological polar surface area (TPSA) is 49.3 Å². The number of hydrogen-bond acceptors (Lipinski definition) is 4. The van der Waals surface area contributed by atoms with Crippen molar-refractivity contribution in [3.63, 3.8) is 0 Å². The number of aromatic nitrogens is 2. The summed E-state index contributed by atoms with van der Waals surface area (Å²) in [6.07, 6.45) is 4.50. The summed E-state index contributed by atoms with van der Waals surface area (Å²) >= 11 is 0. The Hall–Kier alpha value is -1.65. The number of nitrogens with zero attached hydrogens (tertiary/aromatic N) is 4. The van der Waals surface area contributed by atoms with Crippen molar-refractivity contribution in [1.29, 1.82) is 0 Å². The number of likely N-dealkylation sites (tertiary alicyclic amines) is 1. The van der Waals surface area contributed by atoms with Gasteiger partial charge in [-0.1, -0.05) is 0 Å². The Labute approximate surface area is 94.1 Å². The van der Waals surface area contributed by atoms with Crippen molar-refractivity contribution in [2.75, 3.05) is 31.1 Å². The molecule has 0 N–H and O–H groups in total. The Kier molecular flexibility index (Phi) is 2.23. The lowest BCUT2D eigenvalue weighted by Gasteiger charge is -2.18. The molecule has 3 heterocycles. The van der Waals surface area contributed by atoms with Crippen molar-refractivity contribution < 1.29 is 4.79 Å². The molecule has 2 saturated heterocycles. The molecule has 5 heteroatoms. The van der Waals surface area contributed by atoms with Crippen LogP contribution in [0.1, 0.15) is 0 Å². The van der Waals surface area contributed by atoms with Crippen LogP contribution < -0.4 is 4.90 Å². The monoisotopic (exact) mass is 218 g/mol. The zero-order chi connectivity index (χ0) is 11.0. The van der Waals surface area contributed by atoms with Crippen molar-refractivity contribution in [2.24, 2.45) is 11.8 Å². The van der Waals surface area contributed by atoms with E-state index >= 15 is 0 Å². The molecule has 5 nitrogen and oxygen atoms in total. The summed E-state index contributed by atoms with van der Waals surface area (Å²) < 4.78 is 0. The molecule has 1 aromatic rings. The van der Waals surface area contributed by atoms with E-state index in [9.17, 15) is 4.79 Å². The fraction of sp³-hybridized carbons (Fsp3) is 0.545. The summed E-state index contributed by atoms with van der Waals surface area (Å²) in [6, 6.07) is 1.83. The van der Waals surface area contributed by atoms with E-state index in [1.807, 2.05) is 11.0 Å². The van der Waals surface area contributed by atoms with Crippen LogP contribution in [0.25, 0.3) is 0 Å². The first-order chi connectivity index (χ1) is 7.86. The average Bonchev–Trinajstić information content (AvgIpc) is 2.87. The Morgan fingerprint density at radius 1 is 1.12 bits per heavy atom. The first kappa shape index (κ1) is 9.57. The van der Waals surface area contributed by atoms with Crippen LogP contribution in [-0.4, -0.2) is 47.5 Å². The maximum absolute atomic E-state index is 10.7. The maximum Gasteiger partial charge on any atom is 0.225 e. The number of carbonyl (C=O) groups is 1. The average molecular weight is 218 g/mol. The first-order valence-electron chi connectivity index (χ1n) is 5.58. The molecular formula is C11H14N4O. The zero-order valence-electron chi connectivity index (χ0n) is 8.99. The van der Waals surface area contributed by atoms with Gasteiger partial charge in [-0.3, -0.25) is 4.79 Å². The van der Waals surface area contributed by atoms with Gasteiger partial charge in [0.2, 0.25) is 12.4 Å². The lowest BCUT2D eigenvalue weighted by Crippen LogP contribution is -2.28. The molecular weight excluding hydrogens is 204 g/mol. The van der Waals surface area contributed by atoms with E-state index in [-0.39, 0.29) is 0 Å². The number of rotatable bonds is 2. The highest BCUT2D eigenvalue weighted by molar-refractivity contribution is 5.48. The summed E-state index contributed by atoms with van der Waals surface area (Å²) in [5.74, 6) is 2.00. The third-order valence-corrected chi connectivity index (χ3v) is 3.50. The molecule has 2 aliphatic rings. The molecule has 1 aromatic heterocycles. The summed E-state index contributed by atoms with van der Waals surface area (Å²) in [5.41, 5.74) is 0. The van der Waals surface area contributed by atoms with Crippen LogP contribution in [0.5, 0.6) is 0 Å². The normalized spacial score (nSPS) is 28.2. The van der Waals surface area contributed by atoms with Crippen LogP contribution in [0.3, 0.4) is 0 Å². The Morgan fingerprint density at radius 3 is 2.31 bits per heavy atom. The molecule has 0 spiro atoms. The van der Waals surface area contributed by atoms with Crippen molar-refractivity contribution in [3.05, 3.63) is 18.5 Å². The second-order valence-electron chi connectivity index (χ2n) is 4.53. The lowest BCUT2D eigenvalue weighted by atomic mass is 10.0. The van der Waals surface area contributed by atoms with Crippen LogP contribution >= 0.6 is 0 Å². The van der Waals surface area contributed by atoms with Gasteiger partial charge in [-0.15, -0.1) is 0 Å². The van der Waals surface area contributed by atoms with Gasteiger partial charge in [0.05, 0.1) is 0 Å². The third kappa shape index (κ3) is 1.52. The molecule has 2 atom stereocenters. The Morgan fingerprint density at radius 2 is 1.75 bits per heavy atom. The fourth-order valence-electron chi connectivity index (χ4n) is 2.73. The van der Waals surface area contributed by atoms with E-state index in [4.69, 9.17) is 0 Å². The predicted octanol–water partition coefficient (Wildman–Crippen LogP) is 0.001000. The molecule has 2 fully saturated rings. The third-order valence-electron chi connectivity index (χ3n) is 3.50. The Bertz CT molecular complexity index is 369. The summed E-state index contributed by atoms with van der Waals surface area (Å²) in [7, 11) is 0. The van der Waals surface area contributed by atoms with Crippen LogP contribution in [-0.2, 0) is 4.79 Å². The summed E-state index contributed by atoms with van der Waals surface area (Å²) in [6.45, 7) is 3.72. The van der Waals surface area contributed by atoms with E-state index in [0.717, 1.165) is 38.5 Å². The Balaban J connectivity index is 1.70. The van der Waals surface area contributed by atoms with Gasteiger partial charge < -0.3 is 9.80 Å². The number of fused-ring (bicyclic) bond motifs is 1. The van der Waals surface area contributed by atoms with Gasteiger partial charge in [0, 0.05) is 50.4 Å². The molecule has 3 rings (SSSR count). The number of carbonyl (C=O) groups excluding carboxylic acids is 1. The van der Waals surface area contributed by atoms with Crippen molar-refractivity contribution in [1.82, 2.24) is 14.9 Å². The van der Waals surface area contributed by atoms with Crippen LogP contribution in [0.2, 0.25) is 0 Å². The molecule has 0 radical (unpaired) electrons. The number of amides is 1. The second-order valence-corrected chi connectivity index (χ2v) is 4.53. The van der Waals surface area contributed by atoms with E-state index < -0.39 is 0 Å². The zero-order valence-corrected chi connectivity index (χ0v) is 8.99. The molecule has 0 aromatic carbocycles. The molecule has 0 saturated carbocycles. The van der Waals surface area contributed by atoms with E-state index in [0.29, 0.717) is 11.8 Å². The molecule has 2 aliphatic heterocycles. The minimum absolute atomic E-state index is 0.592. The maximum atomic E-state index is 10.7. The molecule has 84 valence electrons. The van der Waals surface area contributed by atoms with Crippen LogP contribution in [0, 0.1) is 11.8 Å². The molecule has 16 heavy (non-hydrogen) atoms. The van der Waals surface area contributed by atoms with Gasteiger partial charge in [-0.05, 0) is 6.07 Å². The van der Waals surface area contributed by atoms with E-state index in [2.05, 4.69) is 14.9 Å².